The van der Waals surface area contributed by atoms with Gasteiger partial charge in [0, 0.05) is 23.2 Å². The minimum atomic E-state index is -0.329. The smallest absolute Gasteiger partial charge is 0.125 e. The maximum Gasteiger partial charge on any atom is 0.125 e. The molecule has 1 aromatic carbocycles. The standard InChI is InChI=1S/C13H14ClFN2S/c1-2-5-16-7-10-8-17-13(18-10)11-4-3-9(15)6-12(11)14/h3-4,6,8,16H,2,5,7H2,1H3. The summed E-state index contributed by atoms with van der Waals surface area (Å²) in [6.45, 7) is 3.93. The van der Waals surface area contributed by atoms with Crippen LogP contribution in [0.5, 0.6) is 0 Å². The van der Waals surface area contributed by atoms with E-state index in [1.807, 2.05) is 6.20 Å². The predicted molar refractivity (Wildman–Crippen MR) is 74.5 cm³/mol. The highest BCUT2D eigenvalue weighted by Gasteiger charge is 2.09. The number of halogens is 2. The highest BCUT2D eigenvalue weighted by molar-refractivity contribution is 7.15. The number of thiazole rings is 1. The van der Waals surface area contributed by atoms with Crippen LogP contribution in [-0.2, 0) is 6.54 Å². The van der Waals surface area contributed by atoms with Gasteiger partial charge in [-0.3, -0.25) is 0 Å². The molecule has 1 N–H and O–H groups in total. The molecular weight excluding hydrogens is 271 g/mol. The average molecular weight is 285 g/mol. The third-order valence-electron chi connectivity index (χ3n) is 2.44. The Morgan fingerprint density at radius 1 is 1.44 bits per heavy atom. The van der Waals surface area contributed by atoms with Crippen molar-refractivity contribution < 1.29 is 4.39 Å². The van der Waals surface area contributed by atoms with Crippen LogP contribution >= 0.6 is 22.9 Å². The van der Waals surface area contributed by atoms with Crippen LogP contribution in [-0.4, -0.2) is 11.5 Å². The Kier molecular flexibility index (Phi) is 4.69. The van der Waals surface area contributed by atoms with Crippen molar-refractivity contribution in [1.29, 1.82) is 0 Å². The lowest BCUT2D eigenvalue weighted by Gasteiger charge is -2.00. The van der Waals surface area contributed by atoms with E-state index in [0.29, 0.717) is 5.02 Å². The van der Waals surface area contributed by atoms with Gasteiger partial charge in [-0.1, -0.05) is 18.5 Å². The van der Waals surface area contributed by atoms with E-state index in [2.05, 4.69) is 17.2 Å². The number of hydrogen-bond acceptors (Lipinski definition) is 3. The van der Waals surface area contributed by atoms with Gasteiger partial charge in [-0.25, -0.2) is 9.37 Å². The van der Waals surface area contributed by atoms with Crippen molar-refractivity contribution in [3.8, 4) is 10.6 Å². The summed E-state index contributed by atoms with van der Waals surface area (Å²) in [7, 11) is 0. The first kappa shape index (κ1) is 13.5. The zero-order valence-electron chi connectivity index (χ0n) is 10.0. The molecule has 0 atom stereocenters. The highest BCUT2D eigenvalue weighted by Crippen LogP contribution is 2.31. The van der Waals surface area contributed by atoms with E-state index in [0.717, 1.165) is 35.0 Å². The molecule has 1 heterocycles. The van der Waals surface area contributed by atoms with Crippen LogP contribution in [0.3, 0.4) is 0 Å². The minimum absolute atomic E-state index is 0.329. The van der Waals surface area contributed by atoms with E-state index >= 15 is 0 Å². The number of aromatic nitrogens is 1. The molecule has 0 aliphatic carbocycles. The molecule has 0 amide bonds. The van der Waals surface area contributed by atoms with Gasteiger partial charge in [0.15, 0.2) is 0 Å². The molecule has 1 aromatic heterocycles. The monoisotopic (exact) mass is 284 g/mol. The second-order valence-electron chi connectivity index (χ2n) is 3.93. The van der Waals surface area contributed by atoms with E-state index in [4.69, 9.17) is 11.6 Å². The van der Waals surface area contributed by atoms with Crippen molar-refractivity contribution in [1.82, 2.24) is 10.3 Å². The summed E-state index contributed by atoms with van der Waals surface area (Å²) in [5.41, 5.74) is 0.782. The summed E-state index contributed by atoms with van der Waals surface area (Å²) >= 11 is 7.59. The summed E-state index contributed by atoms with van der Waals surface area (Å²) < 4.78 is 13.0. The number of hydrogen-bond donors (Lipinski definition) is 1. The molecule has 2 nitrogen and oxygen atoms in total. The van der Waals surface area contributed by atoms with Gasteiger partial charge >= 0.3 is 0 Å². The molecule has 96 valence electrons. The normalized spacial score (nSPS) is 10.8. The fourth-order valence-electron chi connectivity index (χ4n) is 1.57. The number of benzene rings is 1. The van der Waals surface area contributed by atoms with Crippen molar-refractivity contribution in [2.75, 3.05) is 6.54 Å². The zero-order valence-corrected chi connectivity index (χ0v) is 11.6. The van der Waals surface area contributed by atoms with Crippen LogP contribution in [0.4, 0.5) is 4.39 Å². The lowest BCUT2D eigenvalue weighted by atomic mass is 10.2. The maximum absolute atomic E-state index is 13.0. The van der Waals surface area contributed by atoms with Crippen LogP contribution < -0.4 is 5.32 Å². The molecule has 0 fully saturated rings. The van der Waals surface area contributed by atoms with Gasteiger partial charge in [-0.05, 0) is 31.2 Å². The molecule has 0 saturated heterocycles. The molecule has 0 saturated carbocycles. The maximum atomic E-state index is 13.0. The van der Waals surface area contributed by atoms with Crippen LogP contribution in [0.2, 0.25) is 5.02 Å². The molecule has 0 spiro atoms. The van der Waals surface area contributed by atoms with Crippen LogP contribution in [0.25, 0.3) is 10.6 Å². The van der Waals surface area contributed by atoms with Crippen molar-refractivity contribution >= 4 is 22.9 Å². The van der Waals surface area contributed by atoms with Gasteiger partial charge in [0.25, 0.3) is 0 Å². The van der Waals surface area contributed by atoms with E-state index in [1.54, 1.807) is 17.4 Å². The van der Waals surface area contributed by atoms with Crippen molar-refractivity contribution in [3.63, 3.8) is 0 Å². The van der Waals surface area contributed by atoms with Gasteiger partial charge in [-0.15, -0.1) is 11.3 Å². The second-order valence-corrected chi connectivity index (χ2v) is 5.46. The van der Waals surface area contributed by atoms with Gasteiger partial charge in [0.1, 0.15) is 10.8 Å². The number of nitrogens with one attached hydrogen (secondary N) is 1. The largest absolute Gasteiger partial charge is 0.312 e. The Morgan fingerprint density at radius 3 is 3.00 bits per heavy atom. The summed E-state index contributed by atoms with van der Waals surface area (Å²) in [6, 6.07) is 4.38. The molecule has 18 heavy (non-hydrogen) atoms. The van der Waals surface area contributed by atoms with Crippen LogP contribution in [0, 0.1) is 5.82 Å². The Balaban J connectivity index is 2.13. The highest BCUT2D eigenvalue weighted by atomic mass is 35.5. The molecule has 0 unspecified atom stereocenters. The Morgan fingerprint density at radius 2 is 2.28 bits per heavy atom. The number of rotatable bonds is 5. The molecule has 2 aromatic rings. The molecular formula is C13H14ClFN2S. The fraction of sp³-hybridized carbons (Fsp3) is 0.308. The molecule has 2 rings (SSSR count). The average Bonchev–Trinajstić information content (AvgIpc) is 2.78. The lowest BCUT2D eigenvalue weighted by Crippen LogP contribution is -2.12. The minimum Gasteiger partial charge on any atom is -0.312 e. The second kappa shape index (κ2) is 6.27. The lowest BCUT2D eigenvalue weighted by molar-refractivity contribution is 0.628. The van der Waals surface area contributed by atoms with Crippen LogP contribution in [0.1, 0.15) is 18.2 Å². The Hall–Kier alpha value is -0.970. The third-order valence-corrected chi connectivity index (χ3v) is 3.78. The number of nitrogens with zero attached hydrogens (tertiary/aromatic N) is 1. The molecule has 0 bridgehead atoms. The molecule has 0 aliphatic rings. The first-order valence-electron chi connectivity index (χ1n) is 5.81. The van der Waals surface area contributed by atoms with Gasteiger partial charge < -0.3 is 5.32 Å². The summed E-state index contributed by atoms with van der Waals surface area (Å²) in [6.07, 6.45) is 2.94. The van der Waals surface area contributed by atoms with Crippen molar-refractivity contribution in [2.45, 2.75) is 19.9 Å². The zero-order chi connectivity index (χ0) is 13.0. The summed E-state index contributed by atoms with van der Waals surface area (Å²) in [5.74, 6) is -0.329. The predicted octanol–water partition coefficient (Wildman–Crippen LogP) is 4.10. The molecule has 0 radical (unpaired) electrons. The first-order valence-corrected chi connectivity index (χ1v) is 7.01. The van der Waals surface area contributed by atoms with E-state index in [-0.39, 0.29) is 5.82 Å². The van der Waals surface area contributed by atoms with E-state index in [1.165, 1.54) is 12.1 Å². The third kappa shape index (κ3) is 3.28. The van der Waals surface area contributed by atoms with Crippen molar-refractivity contribution in [2.24, 2.45) is 0 Å². The van der Waals surface area contributed by atoms with Gasteiger partial charge in [0.05, 0.1) is 5.02 Å². The van der Waals surface area contributed by atoms with Gasteiger partial charge in [-0.2, -0.15) is 0 Å². The summed E-state index contributed by atoms with van der Waals surface area (Å²) in [4.78, 5) is 5.48. The topological polar surface area (TPSA) is 24.9 Å². The Bertz CT molecular complexity index is 527. The first-order chi connectivity index (χ1) is 8.70. The van der Waals surface area contributed by atoms with Gasteiger partial charge in [0.2, 0.25) is 0 Å². The molecule has 0 aliphatic heterocycles. The molecule has 5 heteroatoms. The van der Waals surface area contributed by atoms with Crippen molar-refractivity contribution in [3.05, 3.63) is 40.1 Å². The quantitative estimate of drug-likeness (QED) is 0.836. The SMILES string of the molecule is CCCNCc1cnc(-c2ccc(F)cc2Cl)s1. The summed E-state index contributed by atoms with van der Waals surface area (Å²) in [5, 5.41) is 4.54. The van der Waals surface area contributed by atoms with E-state index < -0.39 is 0 Å². The van der Waals surface area contributed by atoms with E-state index in [9.17, 15) is 4.39 Å². The Labute approximate surface area is 115 Å². The fourth-order valence-corrected chi connectivity index (χ4v) is 2.80. The van der Waals surface area contributed by atoms with Crippen LogP contribution in [0.15, 0.2) is 24.4 Å².